The van der Waals surface area contributed by atoms with Crippen molar-refractivity contribution in [3.8, 4) is 11.5 Å². The zero-order chi connectivity index (χ0) is 27.7. The van der Waals surface area contributed by atoms with E-state index in [1.54, 1.807) is 44.2 Å². The van der Waals surface area contributed by atoms with E-state index in [0.29, 0.717) is 35.1 Å². The highest BCUT2D eigenvalue weighted by Gasteiger charge is 2.29. The summed E-state index contributed by atoms with van der Waals surface area (Å²) in [4.78, 5) is 15.4. The van der Waals surface area contributed by atoms with Crippen LogP contribution in [0.2, 0.25) is 0 Å². The molecule has 0 spiro atoms. The molecular formula is C32H38FNO4. The van der Waals surface area contributed by atoms with E-state index >= 15 is 4.39 Å². The van der Waals surface area contributed by atoms with Gasteiger partial charge in [0.2, 0.25) is 0 Å². The summed E-state index contributed by atoms with van der Waals surface area (Å²) in [6.45, 7) is 12.2. The highest BCUT2D eigenvalue weighted by atomic mass is 19.1. The molecule has 0 aliphatic rings. The number of halogens is 1. The molecule has 0 saturated heterocycles. The van der Waals surface area contributed by atoms with Gasteiger partial charge < -0.3 is 14.6 Å². The van der Waals surface area contributed by atoms with Crippen LogP contribution in [0.5, 0.6) is 11.5 Å². The summed E-state index contributed by atoms with van der Waals surface area (Å²) in [6.07, 6.45) is 2.50. The fraction of sp³-hybridized carbons (Fsp3) is 0.344. The molecule has 0 aliphatic heterocycles. The summed E-state index contributed by atoms with van der Waals surface area (Å²) in [5, 5.41) is 10.1. The predicted molar refractivity (Wildman–Crippen MR) is 149 cm³/mol. The molecule has 5 nitrogen and oxygen atoms in total. The number of esters is 1. The summed E-state index contributed by atoms with van der Waals surface area (Å²) >= 11 is 0. The zero-order valence-corrected chi connectivity index (χ0v) is 22.7. The molecule has 0 radical (unpaired) electrons. The Morgan fingerprint density at radius 1 is 1.05 bits per heavy atom. The molecule has 0 bridgehead atoms. The molecule has 38 heavy (non-hydrogen) atoms. The minimum Gasteiger partial charge on any atom is -0.488 e. The van der Waals surface area contributed by atoms with Crippen molar-refractivity contribution in [3.63, 3.8) is 0 Å². The van der Waals surface area contributed by atoms with Gasteiger partial charge in [-0.25, -0.2) is 9.18 Å². The van der Waals surface area contributed by atoms with Gasteiger partial charge in [-0.1, -0.05) is 68.5 Å². The molecule has 0 heterocycles. The minimum atomic E-state index is -0.679. The van der Waals surface area contributed by atoms with Crippen molar-refractivity contribution in [1.82, 2.24) is 4.90 Å². The van der Waals surface area contributed by atoms with Gasteiger partial charge >= 0.3 is 5.97 Å². The second-order valence-corrected chi connectivity index (χ2v) is 9.91. The Balaban J connectivity index is 2.07. The van der Waals surface area contributed by atoms with Crippen LogP contribution in [0.4, 0.5) is 4.39 Å². The van der Waals surface area contributed by atoms with Crippen LogP contribution in [-0.4, -0.2) is 35.2 Å². The van der Waals surface area contributed by atoms with Crippen molar-refractivity contribution in [3.05, 3.63) is 107 Å². The first-order chi connectivity index (χ1) is 18.3. The molecule has 0 saturated carbocycles. The molecule has 0 unspecified atom stereocenters. The van der Waals surface area contributed by atoms with Crippen molar-refractivity contribution >= 4 is 5.97 Å². The van der Waals surface area contributed by atoms with Crippen LogP contribution in [0.1, 0.15) is 52.9 Å². The van der Waals surface area contributed by atoms with E-state index < -0.39 is 11.8 Å². The summed E-state index contributed by atoms with van der Waals surface area (Å²) in [7, 11) is 0. The quantitative estimate of drug-likeness (QED) is 0.156. The zero-order valence-electron chi connectivity index (χ0n) is 22.7. The van der Waals surface area contributed by atoms with Gasteiger partial charge in [0, 0.05) is 30.3 Å². The van der Waals surface area contributed by atoms with Gasteiger partial charge in [0.25, 0.3) is 0 Å². The number of aliphatic hydroxyl groups is 1. The predicted octanol–water partition coefficient (Wildman–Crippen LogP) is 6.64. The largest absolute Gasteiger partial charge is 0.488 e. The van der Waals surface area contributed by atoms with Crippen molar-refractivity contribution < 1.29 is 23.8 Å². The SMILES string of the molecule is C=CCN(Cc1c(C)c(OCc2ccccc2)c(C(=O)Oc2ccccc2)c(C)c1F)[C@@H](CO)CC(C)C. The van der Waals surface area contributed by atoms with Crippen molar-refractivity contribution in [2.75, 3.05) is 13.2 Å². The third kappa shape index (κ3) is 7.30. The van der Waals surface area contributed by atoms with Crippen LogP contribution in [0.15, 0.2) is 73.3 Å². The van der Waals surface area contributed by atoms with Gasteiger partial charge in [-0.3, -0.25) is 4.90 Å². The van der Waals surface area contributed by atoms with E-state index in [2.05, 4.69) is 20.4 Å². The van der Waals surface area contributed by atoms with E-state index in [0.717, 1.165) is 12.0 Å². The fourth-order valence-corrected chi connectivity index (χ4v) is 4.58. The van der Waals surface area contributed by atoms with Gasteiger partial charge in [0.05, 0.1) is 6.61 Å². The molecule has 3 aromatic carbocycles. The third-order valence-corrected chi connectivity index (χ3v) is 6.57. The first kappa shape index (κ1) is 29.1. The molecule has 0 aromatic heterocycles. The summed E-state index contributed by atoms with van der Waals surface area (Å²) in [5.74, 6) is -0.144. The van der Waals surface area contributed by atoms with Crippen molar-refractivity contribution in [2.24, 2.45) is 5.92 Å². The van der Waals surface area contributed by atoms with Crippen molar-refractivity contribution in [1.29, 1.82) is 0 Å². The minimum absolute atomic E-state index is 0.0511. The lowest BCUT2D eigenvalue weighted by Gasteiger charge is -2.32. The Bertz CT molecular complexity index is 1210. The van der Waals surface area contributed by atoms with Crippen LogP contribution in [0, 0.1) is 25.6 Å². The lowest BCUT2D eigenvalue weighted by molar-refractivity contribution is 0.0727. The number of para-hydroxylation sites is 1. The fourth-order valence-electron chi connectivity index (χ4n) is 4.58. The van der Waals surface area contributed by atoms with Crippen LogP contribution >= 0.6 is 0 Å². The lowest BCUT2D eigenvalue weighted by Crippen LogP contribution is -2.39. The van der Waals surface area contributed by atoms with Gasteiger partial charge in [-0.05, 0) is 49.4 Å². The normalized spacial score (nSPS) is 12.0. The first-order valence-electron chi connectivity index (χ1n) is 13.0. The molecule has 3 aromatic rings. The number of hydrogen-bond donors (Lipinski definition) is 1. The van der Waals surface area contributed by atoms with Crippen LogP contribution < -0.4 is 9.47 Å². The smallest absolute Gasteiger partial charge is 0.347 e. The number of carbonyl (C=O) groups excluding carboxylic acids is 1. The topological polar surface area (TPSA) is 59.0 Å². The summed E-state index contributed by atoms with van der Waals surface area (Å²) in [5.41, 5.74) is 2.10. The Morgan fingerprint density at radius 2 is 1.68 bits per heavy atom. The third-order valence-electron chi connectivity index (χ3n) is 6.57. The Kier molecular flexibility index (Phi) is 10.6. The molecule has 1 N–H and O–H groups in total. The van der Waals surface area contributed by atoms with Crippen LogP contribution in [-0.2, 0) is 13.2 Å². The molecule has 1 atom stereocenters. The van der Waals surface area contributed by atoms with E-state index in [9.17, 15) is 9.90 Å². The second kappa shape index (κ2) is 13.9. The Labute approximate surface area is 225 Å². The number of rotatable bonds is 13. The maximum atomic E-state index is 16.0. The molecule has 0 aliphatic carbocycles. The number of ether oxygens (including phenoxy) is 2. The number of nitrogens with zero attached hydrogens (tertiary/aromatic N) is 1. The average Bonchev–Trinajstić information content (AvgIpc) is 2.91. The van der Waals surface area contributed by atoms with E-state index in [1.165, 1.54) is 0 Å². The van der Waals surface area contributed by atoms with E-state index in [1.807, 2.05) is 41.3 Å². The van der Waals surface area contributed by atoms with E-state index in [4.69, 9.17) is 9.47 Å². The number of carbonyl (C=O) groups is 1. The van der Waals surface area contributed by atoms with E-state index in [-0.39, 0.29) is 36.9 Å². The first-order valence-corrected chi connectivity index (χ1v) is 13.0. The Hall–Kier alpha value is -3.48. The summed E-state index contributed by atoms with van der Waals surface area (Å²) < 4.78 is 27.8. The summed E-state index contributed by atoms with van der Waals surface area (Å²) in [6, 6.07) is 18.1. The number of hydrogen-bond acceptors (Lipinski definition) is 5. The molecule has 0 amide bonds. The highest BCUT2D eigenvalue weighted by Crippen LogP contribution is 2.35. The lowest BCUT2D eigenvalue weighted by atomic mass is 9.95. The maximum absolute atomic E-state index is 16.0. The maximum Gasteiger partial charge on any atom is 0.347 e. The monoisotopic (exact) mass is 519 g/mol. The molecule has 6 heteroatoms. The molecule has 3 rings (SSSR count). The van der Waals surface area contributed by atoms with Crippen molar-refractivity contribution in [2.45, 2.75) is 53.3 Å². The van der Waals surface area contributed by atoms with Gasteiger partial charge in [-0.2, -0.15) is 0 Å². The average molecular weight is 520 g/mol. The Morgan fingerprint density at radius 3 is 2.26 bits per heavy atom. The van der Waals surface area contributed by atoms with Gasteiger partial charge in [-0.15, -0.1) is 6.58 Å². The van der Waals surface area contributed by atoms with Crippen LogP contribution in [0.3, 0.4) is 0 Å². The molecular weight excluding hydrogens is 481 g/mol. The van der Waals surface area contributed by atoms with Gasteiger partial charge in [0.15, 0.2) is 0 Å². The number of benzene rings is 3. The number of aliphatic hydroxyl groups excluding tert-OH is 1. The molecule has 202 valence electrons. The van der Waals surface area contributed by atoms with Gasteiger partial charge in [0.1, 0.15) is 29.5 Å². The standard InChI is InChI=1S/C32H38FNO4/c1-6-17-34(26(20-35)18-22(2)3)19-28-23(4)31(37-21-25-13-9-7-10-14-25)29(24(5)30(28)33)32(36)38-27-15-11-8-12-16-27/h6-16,22,26,35H,1,17-21H2,2-5H3/t26-/m1/s1. The second-order valence-electron chi connectivity index (χ2n) is 9.91. The van der Waals surface area contributed by atoms with Crippen LogP contribution in [0.25, 0.3) is 0 Å². The molecule has 0 fully saturated rings. The highest BCUT2D eigenvalue weighted by molar-refractivity contribution is 5.96.